The number of rotatable bonds is 5. The van der Waals surface area contributed by atoms with Gasteiger partial charge in [-0.25, -0.2) is 0 Å². The molecule has 1 aromatic rings. The lowest BCUT2D eigenvalue weighted by atomic mass is 9.69. The van der Waals surface area contributed by atoms with Crippen LogP contribution in [-0.4, -0.2) is 20.3 Å². The minimum absolute atomic E-state index is 0.0909. The summed E-state index contributed by atoms with van der Waals surface area (Å²) < 4.78 is 11.1. The Morgan fingerprint density at radius 2 is 2.22 bits per heavy atom. The van der Waals surface area contributed by atoms with Crippen molar-refractivity contribution in [3.8, 4) is 17.6 Å². The average molecular weight is 246 g/mol. The zero-order chi connectivity index (χ0) is 13.0. The number of nitrogens with zero attached hydrogens (tertiary/aromatic N) is 1. The first kappa shape index (κ1) is 12.7. The summed E-state index contributed by atoms with van der Waals surface area (Å²) in [6.07, 6.45) is 3.40. The standard InChI is InChI=1S/C14H18N2O2/c1-17-12-5-2-4-11(8-15)13(12)18-10-14(9-16)6-3-7-14/h2,4-5H,3,6-7,9-10,16H2,1H3. The van der Waals surface area contributed by atoms with Gasteiger partial charge in [-0.05, 0) is 25.0 Å². The first-order valence-electron chi connectivity index (χ1n) is 6.15. The molecule has 18 heavy (non-hydrogen) atoms. The number of ether oxygens (including phenoxy) is 2. The van der Waals surface area contributed by atoms with E-state index in [9.17, 15) is 0 Å². The molecule has 96 valence electrons. The molecular weight excluding hydrogens is 228 g/mol. The van der Waals surface area contributed by atoms with Gasteiger partial charge in [-0.3, -0.25) is 0 Å². The molecule has 0 unspecified atom stereocenters. The van der Waals surface area contributed by atoms with Crippen LogP contribution in [0.5, 0.6) is 11.5 Å². The summed E-state index contributed by atoms with van der Waals surface area (Å²) in [6, 6.07) is 7.44. The number of nitrogens with two attached hydrogens (primary N) is 1. The number of nitriles is 1. The van der Waals surface area contributed by atoms with E-state index in [1.807, 2.05) is 0 Å². The van der Waals surface area contributed by atoms with Crippen molar-refractivity contribution < 1.29 is 9.47 Å². The first-order valence-corrected chi connectivity index (χ1v) is 6.15. The summed E-state index contributed by atoms with van der Waals surface area (Å²) in [5.74, 6) is 1.13. The van der Waals surface area contributed by atoms with Gasteiger partial charge < -0.3 is 15.2 Å². The Labute approximate surface area is 107 Å². The molecule has 0 aromatic heterocycles. The van der Waals surface area contributed by atoms with Gasteiger partial charge in [0.15, 0.2) is 11.5 Å². The van der Waals surface area contributed by atoms with Crippen LogP contribution in [0.2, 0.25) is 0 Å². The van der Waals surface area contributed by atoms with Crippen LogP contribution >= 0.6 is 0 Å². The van der Waals surface area contributed by atoms with Crippen molar-refractivity contribution in [1.29, 1.82) is 5.26 Å². The molecule has 0 spiro atoms. The molecule has 1 aliphatic rings. The Morgan fingerprint density at radius 1 is 1.44 bits per heavy atom. The second kappa shape index (κ2) is 5.28. The number of hydrogen-bond donors (Lipinski definition) is 1. The van der Waals surface area contributed by atoms with Gasteiger partial charge in [0.25, 0.3) is 0 Å². The molecule has 0 aliphatic heterocycles. The SMILES string of the molecule is COc1cccc(C#N)c1OCC1(CN)CCC1. The highest BCUT2D eigenvalue weighted by atomic mass is 16.5. The highest BCUT2D eigenvalue weighted by Gasteiger charge is 2.36. The van der Waals surface area contributed by atoms with Gasteiger partial charge in [-0.15, -0.1) is 0 Å². The smallest absolute Gasteiger partial charge is 0.178 e. The minimum Gasteiger partial charge on any atom is -0.493 e. The third-order valence-electron chi connectivity index (χ3n) is 3.69. The molecule has 1 aliphatic carbocycles. The molecule has 1 aromatic carbocycles. The quantitative estimate of drug-likeness (QED) is 0.863. The van der Waals surface area contributed by atoms with Crippen LogP contribution in [0.3, 0.4) is 0 Å². The van der Waals surface area contributed by atoms with E-state index in [4.69, 9.17) is 20.5 Å². The van der Waals surface area contributed by atoms with E-state index in [0.717, 1.165) is 12.8 Å². The fourth-order valence-corrected chi connectivity index (χ4v) is 2.22. The topological polar surface area (TPSA) is 68.3 Å². The Balaban J connectivity index is 2.15. The van der Waals surface area contributed by atoms with E-state index in [0.29, 0.717) is 30.2 Å². The maximum atomic E-state index is 9.09. The molecule has 2 rings (SSSR count). The van der Waals surface area contributed by atoms with Crippen LogP contribution in [0.25, 0.3) is 0 Å². The fraction of sp³-hybridized carbons (Fsp3) is 0.500. The van der Waals surface area contributed by atoms with Crippen LogP contribution in [0.15, 0.2) is 18.2 Å². The Kier molecular flexibility index (Phi) is 3.73. The molecule has 4 heteroatoms. The highest BCUT2D eigenvalue weighted by Crippen LogP contribution is 2.41. The predicted molar refractivity (Wildman–Crippen MR) is 68.5 cm³/mol. The molecular formula is C14H18N2O2. The van der Waals surface area contributed by atoms with Crippen molar-refractivity contribution in [3.05, 3.63) is 23.8 Å². The van der Waals surface area contributed by atoms with E-state index in [-0.39, 0.29) is 5.41 Å². The van der Waals surface area contributed by atoms with E-state index in [1.54, 1.807) is 25.3 Å². The zero-order valence-corrected chi connectivity index (χ0v) is 10.6. The van der Waals surface area contributed by atoms with Crippen molar-refractivity contribution in [2.75, 3.05) is 20.3 Å². The molecule has 0 saturated heterocycles. The first-order chi connectivity index (χ1) is 8.74. The molecule has 1 fully saturated rings. The monoisotopic (exact) mass is 246 g/mol. The largest absolute Gasteiger partial charge is 0.493 e. The van der Waals surface area contributed by atoms with Gasteiger partial charge in [-0.1, -0.05) is 12.5 Å². The van der Waals surface area contributed by atoms with Gasteiger partial charge in [0.1, 0.15) is 6.07 Å². The molecule has 1 saturated carbocycles. The van der Waals surface area contributed by atoms with Gasteiger partial charge in [-0.2, -0.15) is 5.26 Å². The molecule has 0 atom stereocenters. The lowest BCUT2D eigenvalue weighted by Gasteiger charge is -2.40. The van der Waals surface area contributed by atoms with Gasteiger partial charge in [0.05, 0.1) is 19.3 Å². The molecule has 2 N–H and O–H groups in total. The second-order valence-corrected chi connectivity index (χ2v) is 4.80. The summed E-state index contributed by atoms with van der Waals surface area (Å²) in [6.45, 7) is 1.18. The third kappa shape index (κ3) is 2.27. The molecule has 0 bridgehead atoms. The fourth-order valence-electron chi connectivity index (χ4n) is 2.22. The minimum atomic E-state index is 0.0909. The van der Waals surface area contributed by atoms with E-state index in [1.165, 1.54) is 6.42 Å². The van der Waals surface area contributed by atoms with Gasteiger partial charge in [0, 0.05) is 12.0 Å². The Morgan fingerprint density at radius 3 is 2.72 bits per heavy atom. The zero-order valence-electron chi connectivity index (χ0n) is 10.6. The van der Waals surface area contributed by atoms with Crippen LogP contribution in [-0.2, 0) is 0 Å². The molecule has 0 radical (unpaired) electrons. The normalized spacial score (nSPS) is 16.5. The Hall–Kier alpha value is -1.73. The average Bonchev–Trinajstić information content (AvgIpc) is 2.37. The van der Waals surface area contributed by atoms with Crippen LogP contribution < -0.4 is 15.2 Å². The summed E-state index contributed by atoms with van der Waals surface area (Å²) in [4.78, 5) is 0. The van der Waals surface area contributed by atoms with Crippen LogP contribution in [0.4, 0.5) is 0 Å². The number of para-hydroxylation sites is 1. The summed E-state index contributed by atoms with van der Waals surface area (Å²) in [5, 5.41) is 9.09. The summed E-state index contributed by atoms with van der Waals surface area (Å²) in [7, 11) is 1.57. The van der Waals surface area contributed by atoms with Crippen molar-refractivity contribution >= 4 is 0 Å². The lowest BCUT2D eigenvalue weighted by molar-refractivity contribution is 0.0651. The van der Waals surface area contributed by atoms with Gasteiger partial charge >= 0.3 is 0 Å². The van der Waals surface area contributed by atoms with Gasteiger partial charge in [0.2, 0.25) is 0 Å². The van der Waals surface area contributed by atoms with Crippen LogP contribution in [0.1, 0.15) is 24.8 Å². The number of benzene rings is 1. The highest BCUT2D eigenvalue weighted by molar-refractivity contribution is 5.52. The van der Waals surface area contributed by atoms with E-state index >= 15 is 0 Å². The van der Waals surface area contributed by atoms with Crippen molar-refractivity contribution in [2.45, 2.75) is 19.3 Å². The summed E-state index contributed by atoms with van der Waals surface area (Å²) in [5.41, 5.74) is 6.39. The van der Waals surface area contributed by atoms with Crippen LogP contribution in [0, 0.1) is 16.7 Å². The maximum absolute atomic E-state index is 9.09. The Bertz CT molecular complexity index is 456. The summed E-state index contributed by atoms with van der Waals surface area (Å²) >= 11 is 0. The molecule has 0 heterocycles. The predicted octanol–water partition coefficient (Wildman–Crippen LogP) is 2.07. The van der Waals surface area contributed by atoms with E-state index in [2.05, 4.69) is 6.07 Å². The number of methoxy groups -OCH3 is 1. The van der Waals surface area contributed by atoms with Crippen molar-refractivity contribution in [3.63, 3.8) is 0 Å². The molecule has 0 amide bonds. The second-order valence-electron chi connectivity index (χ2n) is 4.80. The number of hydrogen-bond acceptors (Lipinski definition) is 4. The third-order valence-corrected chi connectivity index (χ3v) is 3.69. The lowest BCUT2D eigenvalue weighted by Crippen LogP contribution is -2.42. The van der Waals surface area contributed by atoms with Crippen molar-refractivity contribution in [2.24, 2.45) is 11.1 Å². The van der Waals surface area contributed by atoms with Crippen molar-refractivity contribution in [1.82, 2.24) is 0 Å². The molecule has 4 nitrogen and oxygen atoms in total. The van der Waals surface area contributed by atoms with E-state index < -0.39 is 0 Å². The maximum Gasteiger partial charge on any atom is 0.178 e.